The van der Waals surface area contributed by atoms with Crippen LogP contribution in [0.1, 0.15) is 65.7 Å². The molecular weight excluding hydrogens is 230 g/mol. The second-order valence-electron chi connectivity index (χ2n) is 7.99. The first kappa shape index (κ1) is 15.1. The monoisotopic (exact) mass is 263 g/mol. The lowest BCUT2D eigenvalue weighted by atomic mass is 9.68. The van der Waals surface area contributed by atoms with Gasteiger partial charge in [-0.3, -0.25) is 0 Å². The van der Waals surface area contributed by atoms with E-state index in [0.29, 0.717) is 5.41 Å². The molecule has 1 heteroatoms. The predicted octanol–water partition coefficient (Wildman–Crippen LogP) is 4.78. The first-order valence-electron chi connectivity index (χ1n) is 8.35. The molecule has 0 amide bonds. The summed E-state index contributed by atoms with van der Waals surface area (Å²) >= 11 is 0. The van der Waals surface area contributed by atoms with Crippen molar-refractivity contribution in [3.8, 4) is 0 Å². The van der Waals surface area contributed by atoms with Crippen molar-refractivity contribution in [3.05, 3.63) is 12.2 Å². The van der Waals surface area contributed by atoms with E-state index in [0.717, 1.165) is 17.8 Å². The highest BCUT2D eigenvalue weighted by molar-refractivity contribution is 5.04. The van der Waals surface area contributed by atoms with Gasteiger partial charge < -0.3 is 5.32 Å². The number of allylic oxidation sites excluding steroid dienone is 1. The summed E-state index contributed by atoms with van der Waals surface area (Å²) in [6, 6.07) is 0. The second-order valence-corrected chi connectivity index (χ2v) is 7.99. The van der Waals surface area contributed by atoms with Gasteiger partial charge in [-0.05, 0) is 74.8 Å². The first-order valence-corrected chi connectivity index (χ1v) is 8.35. The first-order chi connectivity index (χ1) is 8.97. The van der Waals surface area contributed by atoms with Crippen molar-refractivity contribution in [2.45, 2.75) is 65.7 Å². The maximum atomic E-state index is 4.35. The van der Waals surface area contributed by atoms with Gasteiger partial charge in [0.1, 0.15) is 0 Å². The lowest BCUT2D eigenvalue weighted by Crippen LogP contribution is -2.27. The Morgan fingerprint density at radius 1 is 1.21 bits per heavy atom. The molecular formula is C18H33N. The van der Waals surface area contributed by atoms with Gasteiger partial charge in [0.2, 0.25) is 0 Å². The van der Waals surface area contributed by atoms with Gasteiger partial charge in [0, 0.05) is 0 Å². The fourth-order valence-corrected chi connectivity index (χ4v) is 3.90. The molecule has 1 saturated heterocycles. The third kappa shape index (κ3) is 4.34. The Labute approximate surface area is 120 Å². The maximum Gasteiger partial charge on any atom is -0.00199 e. The molecule has 2 fully saturated rings. The molecule has 3 unspecified atom stereocenters. The summed E-state index contributed by atoms with van der Waals surface area (Å²) in [6.07, 6.45) is 9.67. The SMILES string of the molecule is C=C1CCCCC1CC(CC1CCNC1)C(C)(C)C. The Morgan fingerprint density at radius 2 is 2.00 bits per heavy atom. The van der Waals surface area contributed by atoms with Crippen LogP contribution >= 0.6 is 0 Å². The minimum absolute atomic E-state index is 0.445. The topological polar surface area (TPSA) is 12.0 Å². The van der Waals surface area contributed by atoms with Crippen LogP contribution in [0.2, 0.25) is 0 Å². The van der Waals surface area contributed by atoms with Crippen molar-refractivity contribution in [1.29, 1.82) is 0 Å². The predicted molar refractivity (Wildman–Crippen MR) is 84.3 cm³/mol. The van der Waals surface area contributed by atoms with E-state index in [-0.39, 0.29) is 0 Å². The van der Waals surface area contributed by atoms with E-state index in [4.69, 9.17) is 0 Å². The van der Waals surface area contributed by atoms with Gasteiger partial charge >= 0.3 is 0 Å². The summed E-state index contributed by atoms with van der Waals surface area (Å²) in [4.78, 5) is 0. The summed E-state index contributed by atoms with van der Waals surface area (Å²) in [5.74, 6) is 2.59. The maximum absolute atomic E-state index is 4.35. The van der Waals surface area contributed by atoms with E-state index in [1.54, 1.807) is 5.57 Å². The zero-order valence-corrected chi connectivity index (χ0v) is 13.3. The van der Waals surface area contributed by atoms with Gasteiger partial charge in [-0.15, -0.1) is 0 Å². The lowest BCUT2D eigenvalue weighted by molar-refractivity contribution is 0.162. The van der Waals surface area contributed by atoms with Crippen molar-refractivity contribution in [3.63, 3.8) is 0 Å². The Hall–Kier alpha value is -0.300. The molecule has 2 aliphatic rings. The molecule has 0 aromatic carbocycles. The minimum Gasteiger partial charge on any atom is -0.316 e. The smallest absolute Gasteiger partial charge is 0.00199 e. The molecule has 0 bridgehead atoms. The summed E-state index contributed by atoms with van der Waals surface area (Å²) in [6.45, 7) is 14.1. The number of hydrogen-bond donors (Lipinski definition) is 1. The fourth-order valence-electron chi connectivity index (χ4n) is 3.90. The molecule has 2 rings (SSSR count). The fraction of sp³-hybridized carbons (Fsp3) is 0.889. The summed E-state index contributed by atoms with van der Waals surface area (Å²) in [5, 5.41) is 3.52. The van der Waals surface area contributed by atoms with Crippen molar-refractivity contribution in [2.75, 3.05) is 13.1 Å². The Morgan fingerprint density at radius 3 is 2.58 bits per heavy atom. The Kier molecular flexibility index (Phi) is 5.11. The van der Waals surface area contributed by atoms with Gasteiger partial charge in [-0.1, -0.05) is 39.3 Å². The highest BCUT2D eigenvalue weighted by atomic mass is 14.9. The van der Waals surface area contributed by atoms with Crippen molar-refractivity contribution >= 4 is 0 Å². The zero-order chi connectivity index (χ0) is 13.9. The van der Waals surface area contributed by atoms with Crippen LogP contribution in [0.4, 0.5) is 0 Å². The molecule has 1 N–H and O–H groups in total. The molecule has 19 heavy (non-hydrogen) atoms. The molecule has 1 nitrogen and oxygen atoms in total. The number of rotatable bonds is 4. The van der Waals surface area contributed by atoms with E-state index in [2.05, 4.69) is 32.7 Å². The molecule has 1 aliphatic carbocycles. The third-order valence-corrected chi connectivity index (χ3v) is 5.45. The van der Waals surface area contributed by atoms with E-state index in [9.17, 15) is 0 Å². The van der Waals surface area contributed by atoms with Crippen LogP contribution in [0.5, 0.6) is 0 Å². The second kappa shape index (κ2) is 6.43. The molecule has 3 atom stereocenters. The van der Waals surface area contributed by atoms with Gasteiger partial charge in [-0.25, -0.2) is 0 Å². The van der Waals surface area contributed by atoms with E-state index in [1.165, 1.54) is 58.0 Å². The average Bonchev–Trinajstić information content (AvgIpc) is 2.82. The van der Waals surface area contributed by atoms with Gasteiger partial charge in [0.25, 0.3) is 0 Å². The Bertz CT molecular complexity index is 293. The van der Waals surface area contributed by atoms with Crippen LogP contribution in [0.3, 0.4) is 0 Å². The van der Waals surface area contributed by atoms with Crippen LogP contribution < -0.4 is 5.32 Å². The quantitative estimate of drug-likeness (QED) is 0.719. The molecule has 0 aromatic heterocycles. The van der Waals surface area contributed by atoms with E-state index in [1.807, 2.05) is 0 Å². The van der Waals surface area contributed by atoms with Crippen LogP contribution in [0.25, 0.3) is 0 Å². The largest absolute Gasteiger partial charge is 0.316 e. The van der Waals surface area contributed by atoms with Crippen LogP contribution in [-0.4, -0.2) is 13.1 Å². The van der Waals surface area contributed by atoms with Crippen LogP contribution in [0.15, 0.2) is 12.2 Å². The van der Waals surface area contributed by atoms with Crippen molar-refractivity contribution in [1.82, 2.24) is 5.32 Å². The number of hydrogen-bond acceptors (Lipinski definition) is 1. The van der Waals surface area contributed by atoms with Crippen molar-refractivity contribution in [2.24, 2.45) is 23.2 Å². The van der Waals surface area contributed by atoms with Crippen LogP contribution in [0, 0.1) is 23.2 Å². The minimum atomic E-state index is 0.445. The molecule has 1 heterocycles. The summed E-state index contributed by atoms with van der Waals surface area (Å²) in [5.41, 5.74) is 1.99. The van der Waals surface area contributed by atoms with Gasteiger partial charge in [0.15, 0.2) is 0 Å². The molecule has 0 spiro atoms. The van der Waals surface area contributed by atoms with E-state index >= 15 is 0 Å². The Balaban J connectivity index is 1.94. The standard InChI is InChI=1S/C18H33N/c1-14-7-5-6-8-16(14)12-17(18(2,3)4)11-15-9-10-19-13-15/h15-17,19H,1,5-13H2,2-4H3. The molecule has 1 saturated carbocycles. The molecule has 0 aromatic rings. The van der Waals surface area contributed by atoms with E-state index < -0.39 is 0 Å². The summed E-state index contributed by atoms with van der Waals surface area (Å²) < 4.78 is 0. The van der Waals surface area contributed by atoms with Crippen LogP contribution in [-0.2, 0) is 0 Å². The lowest BCUT2D eigenvalue weighted by Gasteiger charge is -2.37. The normalized spacial score (nSPS) is 30.6. The molecule has 1 aliphatic heterocycles. The van der Waals surface area contributed by atoms with Crippen molar-refractivity contribution < 1.29 is 0 Å². The highest BCUT2D eigenvalue weighted by Crippen LogP contribution is 2.41. The highest BCUT2D eigenvalue weighted by Gasteiger charge is 2.32. The molecule has 0 radical (unpaired) electrons. The van der Waals surface area contributed by atoms with Gasteiger partial charge in [-0.2, -0.15) is 0 Å². The molecule has 110 valence electrons. The third-order valence-electron chi connectivity index (χ3n) is 5.45. The zero-order valence-electron chi connectivity index (χ0n) is 13.3. The average molecular weight is 263 g/mol. The summed E-state index contributed by atoms with van der Waals surface area (Å²) in [7, 11) is 0. The van der Waals surface area contributed by atoms with Gasteiger partial charge in [0.05, 0.1) is 0 Å². The number of nitrogens with one attached hydrogen (secondary N) is 1.